The molecule has 0 radical (unpaired) electrons. The third-order valence-electron chi connectivity index (χ3n) is 3.33. The minimum absolute atomic E-state index is 0.0569. The first kappa shape index (κ1) is 13.4. The van der Waals surface area contributed by atoms with E-state index in [0.717, 1.165) is 0 Å². The first-order valence-electron chi connectivity index (χ1n) is 7.04. The van der Waals surface area contributed by atoms with Crippen LogP contribution in [0.4, 0.5) is 5.69 Å². The van der Waals surface area contributed by atoms with Crippen molar-refractivity contribution in [1.29, 1.82) is 0 Å². The molecule has 1 fully saturated rings. The molecule has 0 heterocycles. The topological polar surface area (TPSA) is 21.3 Å². The number of anilines is 1. The van der Waals surface area contributed by atoms with Gasteiger partial charge in [0.25, 0.3) is 0 Å². The van der Waals surface area contributed by atoms with Crippen LogP contribution >= 0.6 is 0 Å². The Bertz CT molecular complexity index is 355. The third kappa shape index (κ3) is 4.02. The van der Waals surface area contributed by atoms with Gasteiger partial charge in [0, 0.05) is 5.69 Å². The Morgan fingerprint density at radius 1 is 1.06 bits per heavy atom. The molecule has 1 saturated carbocycles. The van der Waals surface area contributed by atoms with Gasteiger partial charge in [-0.1, -0.05) is 31.0 Å². The van der Waals surface area contributed by atoms with E-state index in [1.54, 1.807) is 0 Å². The lowest BCUT2D eigenvalue weighted by Gasteiger charge is -2.37. The van der Waals surface area contributed by atoms with Gasteiger partial charge in [0.05, 0.1) is 17.7 Å². The minimum atomic E-state index is -0.0569. The van der Waals surface area contributed by atoms with Crippen molar-refractivity contribution in [2.45, 2.75) is 64.2 Å². The molecule has 0 aliphatic heterocycles. The van der Waals surface area contributed by atoms with Crippen LogP contribution in [-0.2, 0) is 4.74 Å². The van der Waals surface area contributed by atoms with Crippen LogP contribution in [0, 0.1) is 0 Å². The van der Waals surface area contributed by atoms with Gasteiger partial charge < -0.3 is 10.1 Å². The summed E-state index contributed by atoms with van der Waals surface area (Å²) in [6, 6.07) is 10.9. The minimum Gasteiger partial charge on any atom is -0.380 e. The fourth-order valence-electron chi connectivity index (χ4n) is 2.61. The fourth-order valence-corrected chi connectivity index (χ4v) is 2.61. The van der Waals surface area contributed by atoms with Gasteiger partial charge >= 0.3 is 0 Å². The van der Waals surface area contributed by atoms with E-state index in [1.165, 1.54) is 31.4 Å². The molecule has 1 aromatic rings. The zero-order chi connectivity index (χ0) is 13.0. The second-order valence-electron chi connectivity index (χ2n) is 6.17. The van der Waals surface area contributed by atoms with E-state index in [0.29, 0.717) is 12.1 Å². The summed E-state index contributed by atoms with van der Waals surface area (Å²) in [6.45, 7) is 6.42. The molecule has 18 heavy (non-hydrogen) atoms. The van der Waals surface area contributed by atoms with Crippen molar-refractivity contribution in [3.63, 3.8) is 0 Å². The standard InChI is InChI=1S/C16H25NO/c1-16(2,3)18-15-12-8-7-11-14(15)17-13-9-5-4-6-10-13/h4-6,9-10,14-15,17H,7-8,11-12H2,1-3H3/t14-,15-/m0/s1. The van der Waals surface area contributed by atoms with Gasteiger partial charge in [-0.2, -0.15) is 0 Å². The Hall–Kier alpha value is -1.02. The average molecular weight is 247 g/mol. The Morgan fingerprint density at radius 3 is 2.39 bits per heavy atom. The molecule has 1 aliphatic rings. The van der Waals surface area contributed by atoms with E-state index in [2.05, 4.69) is 56.4 Å². The van der Waals surface area contributed by atoms with Crippen molar-refractivity contribution < 1.29 is 4.74 Å². The molecule has 2 rings (SSSR count). The number of ether oxygens (including phenoxy) is 1. The third-order valence-corrected chi connectivity index (χ3v) is 3.33. The molecule has 0 unspecified atom stereocenters. The molecule has 1 N–H and O–H groups in total. The largest absolute Gasteiger partial charge is 0.380 e. The van der Waals surface area contributed by atoms with Crippen molar-refractivity contribution >= 4 is 5.69 Å². The first-order chi connectivity index (χ1) is 8.54. The number of nitrogens with one attached hydrogen (secondary N) is 1. The highest BCUT2D eigenvalue weighted by atomic mass is 16.5. The summed E-state index contributed by atoms with van der Waals surface area (Å²) in [4.78, 5) is 0. The van der Waals surface area contributed by atoms with Crippen molar-refractivity contribution in [2.24, 2.45) is 0 Å². The number of hydrogen-bond donors (Lipinski definition) is 1. The molecule has 1 aliphatic carbocycles. The molecule has 0 aromatic heterocycles. The van der Waals surface area contributed by atoms with Gasteiger partial charge in [-0.3, -0.25) is 0 Å². The van der Waals surface area contributed by atoms with Crippen LogP contribution in [0.15, 0.2) is 30.3 Å². The summed E-state index contributed by atoms with van der Waals surface area (Å²) in [5.74, 6) is 0. The first-order valence-corrected chi connectivity index (χ1v) is 7.04. The highest BCUT2D eigenvalue weighted by Crippen LogP contribution is 2.27. The van der Waals surface area contributed by atoms with Gasteiger partial charge in [0.15, 0.2) is 0 Å². The van der Waals surface area contributed by atoms with Gasteiger partial charge in [-0.15, -0.1) is 0 Å². The van der Waals surface area contributed by atoms with E-state index in [1.807, 2.05) is 0 Å². The van der Waals surface area contributed by atoms with E-state index >= 15 is 0 Å². The van der Waals surface area contributed by atoms with Gasteiger partial charge in [-0.05, 0) is 45.7 Å². The molecular formula is C16H25NO. The monoisotopic (exact) mass is 247 g/mol. The van der Waals surface area contributed by atoms with Gasteiger partial charge in [0.2, 0.25) is 0 Å². The molecule has 0 amide bonds. The predicted molar refractivity (Wildman–Crippen MR) is 76.9 cm³/mol. The van der Waals surface area contributed by atoms with Crippen LogP contribution in [0.1, 0.15) is 46.5 Å². The molecule has 2 nitrogen and oxygen atoms in total. The molecule has 0 spiro atoms. The summed E-state index contributed by atoms with van der Waals surface area (Å²) >= 11 is 0. The summed E-state index contributed by atoms with van der Waals surface area (Å²) < 4.78 is 6.20. The van der Waals surface area contributed by atoms with Crippen molar-refractivity contribution in [3.8, 4) is 0 Å². The van der Waals surface area contributed by atoms with Gasteiger partial charge in [-0.25, -0.2) is 0 Å². The van der Waals surface area contributed by atoms with Crippen LogP contribution < -0.4 is 5.32 Å². The maximum absolute atomic E-state index is 6.20. The Kier molecular flexibility index (Phi) is 4.28. The number of rotatable bonds is 3. The molecule has 0 saturated heterocycles. The van der Waals surface area contributed by atoms with Crippen LogP contribution in [-0.4, -0.2) is 17.7 Å². The second kappa shape index (κ2) is 5.75. The fraction of sp³-hybridized carbons (Fsp3) is 0.625. The second-order valence-corrected chi connectivity index (χ2v) is 6.17. The predicted octanol–water partition coefficient (Wildman–Crippen LogP) is 4.22. The Balaban J connectivity index is 2.00. The molecule has 0 bridgehead atoms. The molecule has 2 heteroatoms. The van der Waals surface area contributed by atoms with Crippen LogP contribution in [0.2, 0.25) is 0 Å². The molecular weight excluding hydrogens is 222 g/mol. The van der Waals surface area contributed by atoms with E-state index in [9.17, 15) is 0 Å². The van der Waals surface area contributed by atoms with E-state index < -0.39 is 0 Å². The average Bonchev–Trinajstić information content (AvgIpc) is 2.31. The summed E-state index contributed by atoms with van der Waals surface area (Å²) in [6.07, 6.45) is 5.29. The van der Waals surface area contributed by atoms with Crippen molar-refractivity contribution in [2.75, 3.05) is 5.32 Å². The zero-order valence-corrected chi connectivity index (χ0v) is 11.8. The van der Waals surface area contributed by atoms with Crippen LogP contribution in [0.3, 0.4) is 0 Å². The zero-order valence-electron chi connectivity index (χ0n) is 11.8. The number of hydrogen-bond acceptors (Lipinski definition) is 2. The van der Waals surface area contributed by atoms with E-state index in [-0.39, 0.29) is 5.60 Å². The lowest BCUT2D eigenvalue weighted by Crippen LogP contribution is -2.42. The summed E-state index contributed by atoms with van der Waals surface area (Å²) in [7, 11) is 0. The quantitative estimate of drug-likeness (QED) is 0.863. The number of benzene rings is 1. The van der Waals surface area contributed by atoms with Gasteiger partial charge in [0.1, 0.15) is 0 Å². The summed E-state index contributed by atoms with van der Waals surface area (Å²) in [5.41, 5.74) is 1.14. The Morgan fingerprint density at radius 2 is 1.72 bits per heavy atom. The maximum atomic E-state index is 6.20. The molecule has 2 atom stereocenters. The maximum Gasteiger partial charge on any atom is 0.0783 e. The molecule has 100 valence electrons. The highest BCUT2D eigenvalue weighted by Gasteiger charge is 2.29. The van der Waals surface area contributed by atoms with E-state index in [4.69, 9.17) is 4.74 Å². The van der Waals surface area contributed by atoms with Crippen molar-refractivity contribution in [3.05, 3.63) is 30.3 Å². The Labute approximate surface area is 111 Å². The van der Waals surface area contributed by atoms with Crippen molar-refractivity contribution in [1.82, 2.24) is 0 Å². The highest BCUT2D eigenvalue weighted by molar-refractivity contribution is 5.43. The SMILES string of the molecule is CC(C)(C)O[C@H]1CCCC[C@@H]1Nc1ccccc1. The van der Waals surface area contributed by atoms with Crippen LogP contribution in [0.25, 0.3) is 0 Å². The lowest BCUT2D eigenvalue weighted by molar-refractivity contribution is -0.0782. The smallest absolute Gasteiger partial charge is 0.0783 e. The lowest BCUT2D eigenvalue weighted by atomic mass is 9.91. The number of para-hydroxylation sites is 1. The summed E-state index contributed by atoms with van der Waals surface area (Å²) in [5, 5.41) is 3.63. The molecule has 1 aromatic carbocycles. The van der Waals surface area contributed by atoms with Crippen LogP contribution in [0.5, 0.6) is 0 Å². The normalized spacial score (nSPS) is 24.8.